The number of ether oxygens (including phenoxy) is 1. The summed E-state index contributed by atoms with van der Waals surface area (Å²) in [5, 5.41) is 0. The van der Waals surface area contributed by atoms with E-state index in [0.717, 1.165) is 11.5 Å². The van der Waals surface area contributed by atoms with Gasteiger partial charge in [-0.2, -0.15) is 0 Å². The minimum atomic E-state index is 0.869. The van der Waals surface area contributed by atoms with E-state index in [1.165, 1.54) is 3.57 Å². The van der Waals surface area contributed by atoms with Gasteiger partial charge in [-0.1, -0.05) is 18.2 Å². The second kappa shape index (κ2) is 4.46. The number of hydrogen-bond donors (Lipinski definition) is 0. The van der Waals surface area contributed by atoms with Crippen molar-refractivity contribution < 1.29 is 4.74 Å². The van der Waals surface area contributed by atoms with E-state index < -0.39 is 0 Å². The first kappa shape index (κ1) is 9.52. The molecule has 0 aromatic heterocycles. The van der Waals surface area contributed by atoms with Crippen molar-refractivity contribution in [3.05, 3.63) is 58.2 Å². The Balaban J connectivity index is 2.16. The first-order chi connectivity index (χ1) is 6.84. The molecule has 2 heteroatoms. The molecule has 0 radical (unpaired) electrons. The van der Waals surface area contributed by atoms with E-state index in [4.69, 9.17) is 4.74 Å². The maximum Gasteiger partial charge on any atom is 0.127 e. The van der Waals surface area contributed by atoms with Gasteiger partial charge in [0, 0.05) is 3.57 Å². The molecule has 2 aromatic carbocycles. The highest BCUT2D eigenvalue weighted by Crippen LogP contribution is 2.21. The third-order valence-electron chi connectivity index (χ3n) is 1.79. The number of benzene rings is 2. The Labute approximate surface area is 96.9 Å². The predicted molar refractivity (Wildman–Crippen MR) is 65.7 cm³/mol. The van der Waals surface area contributed by atoms with Crippen molar-refractivity contribution in [2.45, 2.75) is 0 Å². The first-order valence-electron chi connectivity index (χ1n) is 4.33. The monoisotopic (exact) mass is 296 g/mol. The van der Waals surface area contributed by atoms with Crippen LogP contribution in [0.2, 0.25) is 0 Å². The third-order valence-corrected chi connectivity index (χ3v) is 2.51. The second-order valence-corrected chi connectivity index (χ2v) is 4.11. The van der Waals surface area contributed by atoms with Gasteiger partial charge in [0.25, 0.3) is 0 Å². The summed E-state index contributed by atoms with van der Waals surface area (Å²) in [6, 6.07) is 17.8. The SMILES string of the molecule is Ic1ccc(Oc2ccccc2)cc1. The molecule has 14 heavy (non-hydrogen) atoms. The fourth-order valence-electron chi connectivity index (χ4n) is 1.13. The molecule has 0 atom stereocenters. The van der Waals surface area contributed by atoms with Gasteiger partial charge in [-0.3, -0.25) is 0 Å². The molecular formula is C12H9IO. The lowest BCUT2D eigenvalue weighted by molar-refractivity contribution is 0.482. The van der Waals surface area contributed by atoms with E-state index >= 15 is 0 Å². The van der Waals surface area contributed by atoms with Gasteiger partial charge in [-0.25, -0.2) is 0 Å². The number of rotatable bonds is 2. The summed E-state index contributed by atoms with van der Waals surface area (Å²) in [5.74, 6) is 1.74. The summed E-state index contributed by atoms with van der Waals surface area (Å²) in [5.41, 5.74) is 0. The van der Waals surface area contributed by atoms with Gasteiger partial charge in [-0.15, -0.1) is 0 Å². The highest BCUT2D eigenvalue weighted by Gasteiger charge is 1.94. The van der Waals surface area contributed by atoms with Crippen LogP contribution in [0.4, 0.5) is 0 Å². The summed E-state index contributed by atoms with van der Waals surface area (Å²) >= 11 is 2.27. The molecule has 0 heterocycles. The average molecular weight is 296 g/mol. The summed E-state index contributed by atoms with van der Waals surface area (Å²) in [6.45, 7) is 0. The fraction of sp³-hybridized carbons (Fsp3) is 0. The smallest absolute Gasteiger partial charge is 0.127 e. The van der Waals surface area contributed by atoms with Crippen LogP contribution in [0.25, 0.3) is 0 Å². The predicted octanol–water partition coefficient (Wildman–Crippen LogP) is 4.08. The zero-order valence-corrected chi connectivity index (χ0v) is 9.64. The highest BCUT2D eigenvalue weighted by atomic mass is 127. The van der Waals surface area contributed by atoms with Gasteiger partial charge >= 0.3 is 0 Å². The largest absolute Gasteiger partial charge is 0.457 e. The Morgan fingerprint density at radius 1 is 0.714 bits per heavy atom. The lowest BCUT2D eigenvalue weighted by atomic mass is 10.3. The highest BCUT2D eigenvalue weighted by molar-refractivity contribution is 14.1. The molecule has 70 valence electrons. The van der Waals surface area contributed by atoms with E-state index in [0.29, 0.717) is 0 Å². The number of halogens is 1. The molecular weight excluding hydrogens is 287 g/mol. The molecule has 0 saturated carbocycles. The van der Waals surface area contributed by atoms with Crippen molar-refractivity contribution in [2.75, 3.05) is 0 Å². The number of hydrogen-bond acceptors (Lipinski definition) is 1. The van der Waals surface area contributed by atoms with Gasteiger partial charge in [0.05, 0.1) is 0 Å². The van der Waals surface area contributed by atoms with Gasteiger partial charge in [0.1, 0.15) is 11.5 Å². The van der Waals surface area contributed by atoms with Gasteiger partial charge in [0.2, 0.25) is 0 Å². The van der Waals surface area contributed by atoms with Crippen LogP contribution in [0.15, 0.2) is 54.6 Å². The van der Waals surface area contributed by atoms with Crippen molar-refractivity contribution in [3.8, 4) is 11.5 Å². The van der Waals surface area contributed by atoms with Crippen LogP contribution in [0.1, 0.15) is 0 Å². The third kappa shape index (κ3) is 2.48. The van der Waals surface area contributed by atoms with Crippen LogP contribution >= 0.6 is 22.6 Å². The molecule has 1 nitrogen and oxygen atoms in total. The topological polar surface area (TPSA) is 9.23 Å². The first-order valence-corrected chi connectivity index (χ1v) is 5.41. The Morgan fingerprint density at radius 3 is 1.93 bits per heavy atom. The van der Waals surface area contributed by atoms with Crippen LogP contribution in [-0.4, -0.2) is 0 Å². The Bertz CT molecular complexity index is 394. The molecule has 0 aliphatic carbocycles. The summed E-state index contributed by atoms with van der Waals surface area (Å²) < 4.78 is 6.84. The van der Waals surface area contributed by atoms with Crippen LogP contribution < -0.4 is 4.74 Å². The molecule has 0 fully saturated rings. The molecule has 0 aliphatic heterocycles. The van der Waals surface area contributed by atoms with Crippen LogP contribution in [0.5, 0.6) is 11.5 Å². The zero-order chi connectivity index (χ0) is 9.80. The van der Waals surface area contributed by atoms with Gasteiger partial charge < -0.3 is 4.74 Å². The van der Waals surface area contributed by atoms with Crippen molar-refractivity contribution in [2.24, 2.45) is 0 Å². The summed E-state index contributed by atoms with van der Waals surface area (Å²) in [4.78, 5) is 0. The number of para-hydroxylation sites is 1. The minimum absolute atomic E-state index is 0.869. The van der Waals surface area contributed by atoms with E-state index in [1.54, 1.807) is 0 Å². The Kier molecular flexibility index (Phi) is 3.03. The summed E-state index contributed by atoms with van der Waals surface area (Å²) in [6.07, 6.45) is 0. The molecule has 0 N–H and O–H groups in total. The van der Waals surface area contributed by atoms with Gasteiger partial charge in [0.15, 0.2) is 0 Å². The van der Waals surface area contributed by atoms with Crippen LogP contribution in [-0.2, 0) is 0 Å². The lowest BCUT2D eigenvalue weighted by Gasteiger charge is -2.04. The van der Waals surface area contributed by atoms with E-state index in [9.17, 15) is 0 Å². The van der Waals surface area contributed by atoms with E-state index in [1.807, 2.05) is 54.6 Å². The Morgan fingerprint density at radius 2 is 1.29 bits per heavy atom. The van der Waals surface area contributed by atoms with Crippen molar-refractivity contribution in [1.29, 1.82) is 0 Å². The molecule has 0 amide bonds. The zero-order valence-electron chi connectivity index (χ0n) is 7.48. The van der Waals surface area contributed by atoms with Crippen molar-refractivity contribution >= 4 is 22.6 Å². The fourth-order valence-corrected chi connectivity index (χ4v) is 1.49. The van der Waals surface area contributed by atoms with E-state index in [2.05, 4.69) is 22.6 Å². The molecule has 0 unspecified atom stereocenters. The maximum absolute atomic E-state index is 5.63. The lowest BCUT2D eigenvalue weighted by Crippen LogP contribution is -1.82. The minimum Gasteiger partial charge on any atom is -0.457 e. The second-order valence-electron chi connectivity index (χ2n) is 2.87. The van der Waals surface area contributed by atoms with Gasteiger partial charge in [-0.05, 0) is 59.0 Å². The average Bonchev–Trinajstić information content (AvgIpc) is 2.23. The quantitative estimate of drug-likeness (QED) is 0.759. The molecule has 0 spiro atoms. The van der Waals surface area contributed by atoms with Crippen LogP contribution in [0.3, 0.4) is 0 Å². The molecule has 0 aliphatic rings. The van der Waals surface area contributed by atoms with Crippen molar-refractivity contribution in [1.82, 2.24) is 0 Å². The Hall–Kier alpha value is -1.03. The maximum atomic E-state index is 5.63. The molecule has 0 bridgehead atoms. The normalized spacial score (nSPS) is 9.79. The summed E-state index contributed by atoms with van der Waals surface area (Å²) in [7, 11) is 0. The molecule has 2 aromatic rings. The standard InChI is InChI=1S/C12H9IO/c13-10-6-8-12(9-7-10)14-11-4-2-1-3-5-11/h1-9H. The van der Waals surface area contributed by atoms with E-state index in [-0.39, 0.29) is 0 Å². The van der Waals surface area contributed by atoms with Crippen molar-refractivity contribution in [3.63, 3.8) is 0 Å². The molecule has 0 saturated heterocycles. The molecule has 2 rings (SSSR count). The van der Waals surface area contributed by atoms with Crippen LogP contribution in [0, 0.1) is 3.57 Å².